The van der Waals surface area contributed by atoms with Gasteiger partial charge in [-0.05, 0) is 25.5 Å². The Balaban J connectivity index is 1.95. The Hall–Kier alpha value is -1.09. The molecule has 0 saturated heterocycles. The first-order valence-electron chi connectivity index (χ1n) is 4.59. The largest absolute Gasteiger partial charge is 0.396 e. The Kier molecular flexibility index (Phi) is 2.19. The third-order valence-electron chi connectivity index (χ3n) is 2.41. The van der Waals surface area contributed by atoms with Gasteiger partial charge in [-0.1, -0.05) is 0 Å². The fourth-order valence-corrected chi connectivity index (χ4v) is 1.48. The maximum Gasteiger partial charge on any atom is 0.0479 e. The van der Waals surface area contributed by atoms with Crippen LogP contribution in [-0.4, -0.2) is 22.7 Å². The normalized spacial score (nSPS) is 25.7. The number of hydrogen-bond donors (Lipinski definition) is 2. The summed E-state index contributed by atoms with van der Waals surface area (Å²) >= 11 is 0. The number of rotatable bonds is 3. The zero-order valence-corrected chi connectivity index (χ0v) is 7.70. The van der Waals surface area contributed by atoms with Gasteiger partial charge in [0.25, 0.3) is 0 Å². The lowest BCUT2D eigenvalue weighted by atomic mass is 10.3. The van der Waals surface area contributed by atoms with E-state index < -0.39 is 0 Å². The van der Waals surface area contributed by atoms with Crippen LogP contribution in [0.4, 0.5) is 5.69 Å². The number of pyridine rings is 1. The smallest absolute Gasteiger partial charge is 0.0479 e. The molecule has 1 aliphatic rings. The summed E-state index contributed by atoms with van der Waals surface area (Å²) < 4.78 is 0. The topological polar surface area (TPSA) is 45.1 Å². The molecule has 1 heterocycles. The van der Waals surface area contributed by atoms with E-state index in [0.29, 0.717) is 18.6 Å². The van der Waals surface area contributed by atoms with Crippen molar-refractivity contribution >= 4 is 5.69 Å². The van der Waals surface area contributed by atoms with Gasteiger partial charge in [0.05, 0.1) is 0 Å². The number of aliphatic hydroxyl groups excluding tert-OH is 1. The van der Waals surface area contributed by atoms with Crippen molar-refractivity contribution in [3.63, 3.8) is 0 Å². The average molecular weight is 178 g/mol. The number of anilines is 1. The van der Waals surface area contributed by atoms with Crippen molar-refractivity contribution in [2.75, 3.05) is 11.9 Å². The summed E-state index contributed by atoms with van der Waals surface area (Å²) in [7, 11) is 0. The molecule has 3 nitrogen and oxygen atoms in total. The molecule has 2 N–H and O–H groups in total. The molecule has 70 valence electrons. The number of nitrogens with zero attached hydrogens (tertiary/aromatic N) is 1. The van der Waals surface area contributed by atoms with Gasteiger partial charge in [0.2, 0.25) is 0 Å². The van der Waals surface area contributed by atoms with Gasteiger partial charge in [-0.25, -0.2) is 0 Å². The zero-order chi connectivity index (χ0) is 9.26. The summed E-state index contributed by atoms with van der Waals surface area (Å²) in [5.41, 5.74) is 2.12. The molecule has 1 saturated carbocycles. The summed E-state index contributed by atoms with van der Waals surface area (Å²) in [4.78, 5) is 4.12. The quantitative estimate of drug-likeness (QED) is 0.730. The highest BCUT2D eigenvalue weighted by Gasteiger charge is 2.36. The van der Waals surface area contributed by atoms with Gasteiger partial charge >= 0.3 is 0 Å². The third-order valence-corrected chi connectivity index (χ3v) is 2.41. The first kappa shape index (κ1) is 8.51. The van der Waals surface area contributed by atoms with E-state index in [9.17, 15) is 0 Å². The molecule has 0 aliphatic heterocycles. The molecular weight excluding hydrogens is 164 g/mol. The Morgan fingerprint density at radius 2 is 2.54 bits per heavy atom. The monoisotopic (exact) mass is 178 g/mol. The second-order valence-electron chi connectivity index (χ2n) is 3.62. The summed E-state index contributed by atoms with van der Waals surface area (Å²) in [6.07, 6.45) is 2.88. The first-order valence-corrected chi connectivity index (χ1v) is 4.59. The first-order chi connectivity index (χ1) is 6.29. The average Bonchev–Trinajstić information content (AvgIpc) is 2.83. The van der Waals surface area contributed by atoms with Crippen molar-refractivity contribution in [1.29, 1.82) is 0 Å². The predicted molar refractivity (Wildman–Crippen MR) is 51.6 cm³/mol. The van der Waals surface area contributed by atoms with Crippen LogP contribution in [0.15, 0.2) is 18.3 Å². The molecule has 0 radical (unpaired) electrons. The van der Waals surface area contributed by atoms with Crippen LogP contribution in [0.5, 0.6) is 0 Å². The van der Waals surface area contributed by atoms with Gasteiger partial charge in [-0.2, -0.15) is 0 Å². The minimum atomic E-state index is 0.293. The van der Waals surface area contributed by atoms with E-state index in [1.165, 1.54) is 0 Å². The van der Waals surface area contributed by atoms with E-state index in [1.54, 1.807) is 6.20 Å². The van der Waals surface area contributed by atoms with Gasteiger partial charge in [0.15, 0.2) is 0 Å². The lowest BCUT2D eigenvalue weighted by molar-refractivity contribution is 0.275. The molecule has 0 aromatic carbocycles. The maximum absolute atomic E-state index is 8.86. The van der Waals surface area contributed by atoms with E-state index in [-0.39, 0.29) is 0 Å². The Bertz CT molecular complexity index is 301. The standard InChI is InChI=1S/C10H14N2O/c1-7-4-9(2-3-11-7)12-10-5-8(10)6-13/h2-4,8,10,13H,5-6H2,1H3,(H,11,12). The van der Waals surface area contributed by atoms with E-state index in [0.717, 1.165) is 17.8 Å². The van der Waals surface area contributed by atoms with Crippen molar-refractivity contribution in [3.05, 3.63) is 24.0 Å². The van der Waals surface area contributed by atoms with Gasteiger partial charge in [0, 0.05) is 36.1 Å². The number of aliphatic hydroxyl groups is 1. The molecule has 2 rings (SSSR count). The lowest BCUT2D eigenvalue weighted by Crippen LogP contribution is -2.06. The Morgan fingerprint density at radius 3 is 3.15 bits per heavy atom. The number of nitrogens with one attached hydrogen (secondary N) is 1. The highest BCUT2D eigenvalue weighted by molar-refractivity contribution is 5.45. The molecule has 1 fully saturated rings. The van der Waals surface area contributed by atoms with E-state index in [1.807, 2.05) is 19.1 Å². The van der Waals surface area contributed by atoms with Crippen molar-refractivity contribution in [3.8, 4) is 0 Å². The molecule has 0 spiro atoms. The SMILES string of the molecule is Cc1cc(NC2CC2CO)ccn1. The summed E-state index contributed by atoms with van der Waals surface area (Å²) in [5, 5.41) is 12.2. The minimum absolute atomic E-state index is 0.293. The van der Waals surface area contributed by atoms with Crippen molar-refractivity contribution in [2.45, 2.75) is 19.4 Å². The second kappa shape index (κ2) is 3.34. The second-order valence-corrected chi connectivity index (χ2v) is 3.62. The van der Waals surface area contributed by atoms with Crippen LogP contribution >= 0.6 is 0 Å². The Morgan fingerprint density at radius 1 is 1.69 bits per heavy atom. The molecular formula is C10H14N2O. The molecule has 0 bridgehead atoms. The van der Waals surface area contributed by atoms with Crippen LogP contribution in [-0.2, 0) is 0 Å². The molecule has 2 atom stereocenters. The van der Waals surface area contributed by atoms with Crippen LogP contribution < -0.4 is 5.32 Å². The van der Waals surface area contributed by atoms with Gasteiger partial charge < -0.3 is 10.4 Å². The maximum atomic E-state index is 8.86. The number of hydrogen-bond acceptors (Lipinski definition) is 3. The minimum Gasteiger partial charge on any atom is -0.396 e. The van der Waals surface area contributed by atoms with Crippen LogP contribution in [0.2, 0.25) is 0 Å². The predicted octanol–water partition coefficient (Wildman–Crippen LogP) is 1.18. The summed E-state index contributed by atoms with van der Waals surface area (Å²) in [6, 6.07) is 4.44. The van der Waals surface area contributed by atoms with Gasteiger partial charge in [-0.15, -0.1) is 0 Å². The Labute approximate surface area is 77.8 Å². The lowest BCUT2D eigenvalue weighted by Gasteiger charge is -2.04. The number of aromatic nitrogens is 1. The van der Waals surface area contributed by atoms with Crippen molar-refractivity contribution < 1.29 is 5.11 Å². The van der Waals surface area contributed by atoms with Gasteiger partial charge in [-0.3, -0.25) is 4.98 Å². The van der Waals surface area contributed by atoms with Crippen LogP contribution in [0.1, 0.15) is 12.1 Å². The molecule has 1 aromatic rings. The molecule has 1 aliphatic carbocycles. The summed E-state index contributed by atoms with van der Waals surface area (Å²) in [6.45, 7) is 2.27. The molecule has 0 amide bonds. The molecule has 13 heavy (non-hydrogen) atoms. The number of aryl methyl sites for hydroxylation is 1. The summed E-state index contributed by atoms with van der Waals surface area (Å²) in [5.74, 6) is 0.452. The van der Waals surface area contributed by atoms with Crippen molar-refractivity contribution in [1.82, 2.24) is 4.98 Å². The zero-order valence-electron chi connectivity index (χ0n) is 7.70. The molecule has 3 heteroatoms. The highest BCUT2D eigenvalue weighted by atomic mass is 16.3. The molecule has 2 unspecified atom stereocenters. The fraction of sp³-hybridized carbons (Fsp3) is 0.500. The van der Waals surface area contributed by atoms with Crippen LogP contribution in [0.25, 0.3) is 0 Å². The van der Waals surface area contributed by atoms with Crippen molar-refractivity contribution in [2.24, 2.45) is 5.92 Å². The van der Waals surface area contributed by atoms with Gasteiger partial charge in [0.1, 0.15) is 0 Å². The highest BCUT2D eigenvalue weighted by Crippen LogP contribution is 2.32. The third kappa shape index (κ3) is 1.98. The van der Waals surface area contributed by atoms with Crippen LogP contribution in [0.3, 0.4) is 0 Å². The van der Waals surface area contributed by atoms with E-state index >= 15 is 0 Å². The van der Waals surface area contributed by atoms with Crippen LogP contribution in [0, 0.1) is 12.8 Å². The van der Waals surface area contributed by atoms with E-state index in [4.69, 9.17) is 5.11 Å². The van der Waals surface area contributed by atoms with E-state index in [2.05, 4.69) is 10.3 Å². The molecule has 1 aromatic heterocycles. The fourth-order valence-electron chi connectivity index (χ4n) is 1.48.